The Bertz CT molecular complexity index is 505. The van der Waals surface area contributed by atoms with Crippen molar-refractivity contribution in [2.45, 2.75) is 6.92 Å². The fraction of sp³-hybridized carbons (Fsp3) is 0.333. The maximum atomic E-state index is 12.3. The number of carbonyl (C=O) groups is 2. The lowest BCUT2D eigenvalue weighted by molar-refractivity contribution is -0.141. The van der Waals surface area contributed by atoms with E-state index in [-0.39, 0.29) is 23.8 Å². The average molecular weight is 489 g/mol. The van der Waals surface area contributed by atoms with E-state index in [1.54, 1.807) is 19.1 Å². The van der Waals surface area contributed by atoms with Gasteiger partial charge in [-0.3, -0.25) is 9.59 Å². The Hall–Kier alpha value is -0.580. The summed E-state index contributed by atoms with van der Waals surface area (Å²) in [5.74, 6) is -0.939. The second-order valence-electron chi connectivity index (χ2n) is 3.68. The number of amides is 1. The number of aromatic hydroxyl groups is 1. The topological polar surface area (TPSA) is 66.8 Å². The molecule has 1 N–H and O–H groups in total. The number of likely N-dealkylation sites (N-methyl/N-ethyl adjacent to an activating group) is 1. The van der Waals surface area contributed by atoms with Crippen LogP contribution in [0.15, 0.2) is 12.1 Å². The van der Waals surface area contributed by atoms with Crippen LogP contribution in [0.1, 0.15) is 17.3 Å². The third-order valence-electron chi connectivity index (χ3n) is 2.48. The predicted octanol–water partition coefficient (Wildman–Crippen LogP) is 2.24. The number of nitrogens with zero attached hydrogens (tertiary/aromatic N) is 1. The second-order valence-corrected chi connectivity index (χ2v) is 6.09. The van der Waals surface area contributed by atoms with Gasteiger partial charge in [0.1, 0.15) is 12.3 Å². The molecule has 104 valence electrons. The van der Waals surface area contributed by atoms with Crippen molar-refractivity contribution in [1.82, 2.24) is 4.90 Å². The van der Waals surface area contributed by atoms with Gasteiger partial charge in [-0.05, 0) is 64.2 Å². The minimum Gasteiger partial charge on any atom is -0.506 e. The number of benzene rings is 1. The summed E-state index contributed by atoms with van der Waals surface area (Å²) in [5.41, 5.74) is 0.196. The maximum absolute atomic E-state index is 12.3. The summed E-state index contributed by atoms with van der Waals surface area (Å²) in [6, 6.07) is 3.37. The second kappa shape index (κ2) is 7.27. The van der Waals surface area contributed by atoms with Gasteiger partial charge in [-0.1, -0.05) is 0 Å². The third-order valence-corrected chi connectivity index (χ3v) is 3.92. The average Bonchev–Trinajstić information content (AvgIpc) is 2.38. The van der Waals surface area contributed by atoms with Crippen molar-refractivity contribution in [2.24, 2.45) is 0 Å². The number of methoxy groups -OCH3 is 1. The molecule has 0 saturated heterocycles. The molecule has 0 fully saturated rings. The lowest BCUT2D eigenvalue weighted by atomic mass is 10.1. The lowest BCUT2D eigenvalue weighted by Crippen LogP contribution is -2.36. The third kappa shape index (κ3) is 4.20. The molecule has 0 aliphatic rings. The van der Waals surface area contributed by atoms with Crippen LogP contribution in [0.25, 0.3) is 0 Å². The van der Waals surface area contributed by atoms with Crippen molar-refractivity contribution in [1.29, 1.82) is 0 Å². The van der Waals surface area contributed by atoms with Gasteiger partial charge in [0.2, 0.25) is 0 Å². The van der Waals surface area contributed by atoms with Gasteiger partial charge in [0.15, 0.2) is 0 Å². The molecule has 0 spiro atoms. The van der Waals surface area contributed by atoms with Gasteiger partial charge in [-0.15, -0.1) is 0 Å². The molecule has 19 heavy (non-hydrogen) atoms. The minimum absolute atomic E-state index is 0.0608. The van der Waals surface area contributed by atoms with Crippen molar-refractivity contribution < 1.29 is 19.4 Å². The van der Waals surface area contributed by atoms with E-state index in [9.17, 15) is 14.7 Å². The molecular weight excluding hydrogens is 476 g/mol. The van der Waals surface area contributed by atoms with Crippen LogP contribution in [-0.2, 0) is 9.53 Å². The molecule has 1 rings (SSSR count). The van der Waals surface area contributed by atoms with E-state index in [0.29, 0.717) is 10.1 Å². The summed E-state index contributed by atoms with van der Waals surface area (Å²) in [5, 5.41) is 9.95. The van der Waals surface area contributed by atoms with Crippen LogP contribution in [0.2, 0.25) is 0 Å². The van der Waals surface area contributed by atoms with Crippen LogP contribution < -0.4 is 0 Å². The SMILES string of the molecule is CCN(CC(=O)OC)C(=O)c1cc(I)cc(I)c1O. The van der Waals surface area contributed by atoms with E-state index < -0.39 is 5.97 Å². The lowest BCUT2D eigenvalue weighted by Gasteiger charge is -2.20. The van der Waals surface area contributed by atoms with Crippen LogP contribution in [-0.4, -0.2) is 42.1 Å². The van der Waals surface area contributed by atoms with E-state index in [1.165, 1.54) is 12.0 Å². The van der Waals surface area contributed by atoms with Crippen LogP contribution in [0, 0.1) is 7.14 Å². The van der Waals surface area contributed by atoms with Gasteiger partial charge in [0.25, 0.3) is 5.91 Å². The fourth-order valence-electron chi connectivity index (χ4n) is 1.45. The first-order chi connectivity index (χ1) is 8.90. The molecule has 1 amide bonds. The summed E-state index contributed by atoms with van der Waals surface area (Å²) >= 11 is 4.03. The van der Waals surface area contributed by atoms with Crippen LogP contribution >= 0.6 is 45.2 Å². The molecule has 0 aliphatic carbocycles. The molecule has 1 aromatic rings. The highest BCUT2D eigenvalue weighted by Gasteiger charge is 2.22. The molecule has 0 saturated carbocycles. The molecule has 0 unspecified atom stereocenters. The highest BCUT2D eigenvalue weighted by molar-refractivity contribution is 14.1. The van der Waals surface area contributed by atoms with Gasteiger partial charge < -0.3 is 14.7 Å². The summed E-state index contributed by atoms with van der Waals surface area (Å²) in [6.07, 6.45) is 0. The zero-order valence-electron chi connectivity index (χ0n) is 10.4. The number of phenols is 1. The number of esters is 1. The first-order valence-electron chi connectivity index (χ1n) is 5.44. The molecule has 5 nitrogen and oxygen atoms in total. The van der Waals surface area contributed by atoms with Gasteiger partial charge in [0, 0.05) is 10.1 Å². The molecule has 1 aromatic carbocycles. The van der Waals surface area contributed by atoms with Gasteiger partial charge >= 0.3 is 5.97 Å². The number of halogens is 2. The smallest absolute Gasteiger partial charge is 0.325 e. The molecule has 0 radical (unpaired) electrons. The van der Waals surface area contributed by atoms with Crippen LogP contribution in [0.5, 0.6) is 5.75 Å². The molecule has 0 aromatic heterocycles. The van der Waals surface area contributed by atoms with Gasteiger partial charge in [0.05, 0.1) is 16.2 Å². The normalized spacial score (nSPS) is 10.1. The first kappa shape index (κ1) is 16.5. The van der Waals surface area contributed by atoms with Crippen molar-refractivity contribution in [3.05, 3.63) is 24.8 Å². The molecular formula is C12H13I2NO4. The fourth-order valence-corrected chi connectivity index (χ4v) is 3.29. The molecule has 0 aliphatic heterocycles. The van der Waals surface area contributed by atoms with Gasteiger partial charge in [-0.25, -0.2) is 0 Å². The van der Waals surface area contributed by atoms with Crippen molar-refractivity contribution in [2.75, 3.05) is 20.2 Å². The Morgan fingerprint density at radius 2 is 2.00 bits per heavy atom. The Morgan fingerprint density at radius 1 is 1.37 bits per heavy atom. The zero-order chi connectivity index (χ0) is 14.6. The van der Waals surface area contributed by atoms with E-state index in [2.05, 4.69) is 27.3 Å². The molecule has 0 bridgehead atoms. The number of rotatable bonds is 4. The van der Waals surface area contributed by atoms with Crippen molar-refractivity contribution in [3.63, 3.8) is 0 Å². The largest absolute Gasteiger partial charge is 0.506 e. The van der Waals surface area contributed by atoms with E-state index in [4.69, 9.17) is 0 Å². The van der Waals surface area contributed by atoms with Gasteiger partial charge in [-0.2, -0.15) is 0 Å². The first-order valence-corrected chi connectivity index (χ1v) is 7.60. The maximum Gasteiger partial charge on any atom is 0.325 e. The molecule has 0 atom stereocenters. The number of phenolic OH excluding ortho intramolecular Hbond substituents is 1. The highest BCUT2D eigenvalue weighted by Crippen LogP contribution is 2.28. The summed E-state index contributed by atoms with van der Waals surface area (Å²) in [4.78, 5) is 24.9. The van der Waals surface area contributed by atoms with Crippen molar-refractivity contribution in [3.8, 4) is 5.75 Å². The number of hydrogen-bond acceptors (Lipinski definition) is 4. The minimum atomic E-state index is -0.491. The van der Waals surface area contributed by atoms with E-state index in [1.807, 2.05) is 22.6 Å². The Balaban J connectivity index is 3.07. The summed E-state index contributed by atoms with van der Waals surface area (Å²) in [7, 11) is 1.27. The Kier molecular flexibility index (Phi) is 6.30. The Morgan fingerprint density at radius 3 is 2.53 bits per heavy atom. The predicted molar refractivity (Wildman–Crippen MR) is 87.1 cm³/mol. The monoisotopic (exact) mass is 489 g/mol. The Labute approximate surface area is 138 Å². The molecule has 0 heterocycles. The standard InChI is InChI=1S/C12H13I2NO4/c1-3-15(6-10(16)19-2)12(18)8-4-7(13)5-9(14)11(8)17/h4-5,17H,3,6H2,1-2H3. The van der Waals surface area contributed by atoms with Crippen molar-refractivity contribution >= 4 is 57.1 Å². The highest BCUT2D eigenvalue weighted by atomic mass is 127. The van der Waals surface area contributed by atoms with Crippen LogP contribution in [0.3, 0.4) is 0 Å². The number of hydrogen-bond donors (Lipinski definition) is 1. The van der Waals surface area contributed by atoms with Crippen LogP contribution in [0.4, 0.5) is 0 Å². The number of ether oxygens (including phenoxy) is 1. The summed E-state index contributed by atoms with van der Waals surface area (Å²) < 4.78 is 5.99. The number of carbonyl (C=O) groups excluding carboxylic acids is 2. The van der Waals surface area contributed by atoms with E-state index >= 15 is 0 Å². The molecule has 7 heteroatoms. The van der Waals surface area contributed by atoms with E-state index in [0.717, 1.165) is 3.57 Å². The zero-order valence-corrected chi connectivity index (χ0v) is 14.8. The quantitative estimate of drug-likeness (QED) is 0.521. The summed E-state index contributed by atoms with van der Waals surface area (Å²) in [6.45, 7) is 1.99.